The molecule has 8 nitrogen and oxygen atoms in total. The summed E-state index contributed by atoms with van der Waals surface area (Å²) in [5.74, 6) is 0.755. The first-order valence-corrected chi connectivity index (χ1v) is 9.01. The number of nitrogens with one attached hydrogen (secondary N) is 1. The van der Waals surface area contributed by atoms with Gasteiger partial charge in [-0.05, 0) is 25.3 Å². The summed E-state index contributed by atoms with van der Waals surface area (Å²) in [6, 6.07) is 0. The van der Waals surface area contributed by atoms with Crippen LogP contribution in [0.1, 0.15) is 12.8 Å². The van der Waals surface area contributed by atoms with Crippen LogP contribution < -0.4 is 5.32 Å². The third-order valence-corrected chi connectivity index (χ3v) is 4.77. The Balaban J connectivity index is 1.49. The van der Waals surface area contributed by atoms with E-state index in [0.29, 0.717) is 19.0 Å². The van der Waals surface area contributed by atoms with Gasteiger partial charge >= 0.3 is 0 Å². The normalized spacial score (nSPS) is 18.4. The van der Waals surface area contributed by atoms with E-state index in [1.165, 1.54) is 0 Å². The van der Waals surface area contributed by atoms with Crippen LogP contribution >= 0.6 is 0 Å². The number of hydrogen-bond acceptors (Lipinski definition) is 6. The zero-order chi connectivity index (χ0) is 18.8. The van der Waals surface area contributed by atoms with Gasteiger partial charge in [0.1, 0.15) is 0 Å². The minimum Gasteiger partial charge on any atom is -0.321 e. The molecule has 1 aliphatic heterocycles. The maximum atomic E-state index is 12.7. The quantitative estimate of drug-likeness (QED) is 0.711. The van der Waals surface area contributed by atoms with Gasteiger partial charge in [-0.1, -0.05) is 0 Å². The zero-order valence-electron chi connectivity index (χ0n) is 15.1. The van der Waals surface area contributed by atoms with E-state index in [9.17, 15) is 8.78 Å². The highest BCUT2D eigenvalue weighted by atomic mass is 19.3. The number of halogens is 2. The van der Waals surface area contributed by atoms with E-state index in [4.69, 9.17) is 0 Å². The van der Waals surface area contributed by atoms with Crippen molar-refractivity contribution in [2.24, 2.45) is 13.0 Å². The Kier molecular flexibility index (Phi) is 4.97. The summed E-state index contributed by atoms with van der Waals surface area (Å²) >= 11 is 0. The first kappa shape index (κ1) is 17.8. The molecule has 0 saturated carbocycles. The lowest BCUT2D eigenvalue weighted by atomic mass is 9.98. The molecule has 4 rings (SSSR count). The number of aryl methyl sites for hydroxylation is 1. The molecule has 0 radical (unpaired) electrons. The summed E-state index contributed by atoms with van der Waals surface area (Å²) in [6.45, 7) is 1.91. The second-order valence-electron chi connectivity index (χ2n) is 6.99. The molecule has 1 saturated heterocycles. The molecule has 27 heavy (non-hydrogen) atoms. The lowest BCUT2D eigenvalue weighted by molar-refractivity contribution is 0.0616. The molecule has 1 fully saturated rings. The molecule has 1 aliphatic rings. The van der Waals surface area contributed by atoms with Crippen molar-refractivity contribution in [2.75, 3.05) is 25.0 Å². The Morgan fingerprint density at radius 2 is 2.15 bits per heavy atom. The molecule has 4 heterocycles. The van der Waals surface area contributed by atoms with Gasteiger partial charge in [-0.3, -0.25) is 9.58 Å². The summed E-state index contributed by atoms with van der Waals surface area (Å²) in [4.78, 5) is 10.7. The molecule has 0 aromatic carbocycles. The van der Waals surface area contributed by atoms with Crippen LogP contribution in [0.15, 0.2) is 24.8 Å². The first-order chi connectivity index (χ1) is 13.1. The number of fused-ring (bicyclic) bond motifs is 1. The fourth-order valence-electron chi connectivity index (χ4n) is 3.58. The van der Waals surface area contributed by atoms with Crippen molar-refractivity contribution in [1.82, 2.24) is 34.4 Å². The van der Waals surface area contributed by atoms with Crippen molar-refractivity contribution >= 4 is 22.7 Å². The van der Waals surface area contributed by atoms with Crippen molar-refractivity contribution in [2.45, 2.75) is 25.8 Å². The van der Waals surface area contributed by atoms with E-state index in [-0.39, 0.29) is 12.5 Å². The van der Waals surface area contributed by atoms with E-state index in [1.807, 2.05) is 22.8 Å². The van der Waals surface area contributed by atoms with Gasteiger partial charge in [-0.25, -0.2) is 18.4 Å². The van der Waals surface area contributed by atoms with Crippen molar-refractivity contribution < 1.29 is 8.78 Å². The highest BCUT2D eigenvalue weighted by molar-refractivity contribution is 5.75. The van der Waals surface area contributed by atoms with Gasteiger partial charge in [-0.15, -0.1) is 0 Å². The van der Waals surface area contributed by atoms with Crippen LogP contribution in [0.3, 0.4) is 0 Å². The van der Waals surface area contributed by atoms with Crippen LogP contribution in [0.25, 0.3) is 11.0 Å². The smallest absolute Gasteiger partial charge is 0.251 e. The number of aromatic nitrogens is 6. The van der Waals surface area contributed by atoms with E-state index < -0.39 is 6.43 Å². The van der Waals surface area contributed by atoms with Gasteiger partial charge in [0.05, 0.1) is 30.0 Å². The summed E-state index contributed by atoms with van der Waals surface area (Å²) in [7, 11) is 1.84. The number of nitrogens with zero attached hydrogens (tertiary/aromatic N) is 7. The molecule has 10 heteroatoms. The lowest BCUT2D eigenvalue weighted by Crippen LogP contribution is -2.39. The molecule has 0 spiro atoms. The van der Waals surface area contributed by atoms with Crippen molar-refractivity contribution in [3.63, 3.8) is 0 Å². The summed E-state index contributed by atoms with van der Waals surface area (Å²) in [5, 5.41) is 12.5. The van der Waals surface area contributed by atoms with Crippen LogP contribution in [-0.2, 0) is 13.6 Å². The molecule has 0 aliphatic carbocycles. The standard InChI is InChI=1S/C17H22F2N8/c1-25-10-14(7-21-25)23-17-20-5-13-6-22-27(16(13)24-17)9-12-3-2-4-26(8-12)11-15(18)19/h5-7,10,12,15H,2-4,8-9,11H2,1H3,(H,20,23,24). The summed E-state index contributed by atoms with van der Waals surface area (Å²) < 4.78 is 28.9. The van der Waals surface area contributed by atoms with Gasteiger partial charge in [0.25, 0.3) is 6.43 Å². The molecule has 1 unspecified atom stereocenters. The third kappa shape index (κ3) is 4.21. The number of likely N-dealkylation sites (tertiary alicyclic amines) is 1. The second-order valence-corrected chi connectivity index (χ2v) is 6.99. The molecule has 3 aromatic heterocycles. The van der Waals surface area contributed by atoms with E-state index in [1.54, 1.807) is 23.3 Å². The average Bonchev–Trinajstić information content (AvgIpc) is 3.21. The minimum atomic E-state index is -2.29. The summed E-state index contributed by atoms with van der Waals surface area (Å²) in [5.41, 5.74) is 1.54. The van der Waals surface area contributed by atoms with Gasteiger partial charge in [-0.2, -0.15) is 15.2 Å². The van der Waals surface area contributed by atoms with Crippen molar-refractivity contribution in [3.05, 3.63) is 24.8 Å². The third-order valence-electron chi connectivity index (χ3n) is 4.77. The summed E-state index contributed by atoms with van der Waals surface area (Å²) in [6.07, 6.45) is 6.65. The molecule has 1 N–H and O–H groups in total. The number of rotatable bonds is 6. The molecule has 0 amide bonds. The Morgan fingerprint density at radius 3 is 2.93 bits per heavy atom. The van der Waals surface area contributed by atoms with Crippen molar-refractivity contribution in [1.29, 1.82) is 0 Å². The van der Waals surface area contributed by atoms with Gasteiger partial charge in [0.2, 0.25) is 5.95 Å². The lowest BCUT2D eigenvalue weighted by Gasteiger charge is -2.32. The number of piperidine rings is 1. The Hall–Kier alpha value is -2.62. The SMILES string of the molecule is Cn1cc(Nc2ncc3cnn(CC4CCCN(CC(F)F)C4)c3n2)cn1. The largest absolute Gasteiger partial charge is 0.321 e. The van der Waals surface area contributed by atoms with Crippen molar-refractivity contribution in [3.8, 4) is 0 Å². The zero-order valence-corrected chi connectivity index (χ0v) is 15.1. The Bertz CT molecular complexity index is 905. The molecule has 144 valence electrons. The van der Waals surface area contributed by atoms with E-state index in [2.05, 4.69) is 25.5 Å². The number of hydrogen-bond donors (Lipinski definition) is 1. The highest BCUT2D eigenvalue weighted by Crippen LogP contribution is 2.22. The molecule has 0 bridgehead atoms. The number of anilines is 2. The maximum Gasteiger partial charge on any atom is 0.251 e. The van der Waals surface area contributed by atoms with Crippen LogP contribution in [0, 0.1) is 5.92 Å². The first-order valence-electron chi connectivity index (χ1n) is 9.01. The average molecular weight is 376 g/mol. The van der Waals surface area contributed by atoms with Crippen LogP contribution in [0.4, 0.5) is 20.4 Å². The van der Waals surface area contributed by atoms with Gasteiger partial charge in [0, 0.05) is 32.5 Å². The monoisotopic (exact) mass is 376 g/mol. The maximum absolute atomic E-state index is 12.7. The van der Waals surface area contributed by atoms with E-state index in [0.717, 1.165) is 36.1 Å². The second kappa shape index (κ2) is 7.55. The van der Waals surface area contributed by atoms with Gasteiger partial charge in [0.15, 0.2) is 5.65 Å². The molecule has 3 aromatic rings. The fraction of sp³-hybridized carbons (Fsp3) is 0.529. The molecular weight excluding hydrogens is 354 g/mol. The fourth-order valence-corrected chi connectivity index (χ4v) is 3.58. The molecular formula is C17H22F2N8. The highest BCUT2D eigenvalue weighted by Gasteiger charge is 2.23. The topological polar surface area (TPSA) is 76.7 Å². The van der Waals surface area contributed by atoms with Crippen LogP contribution in [-0.4, -0.2) is 60.5 Å². The number of alkyl halides is 2. The minimum absolute atomic E-state index is 0.155. The van der Waals surface area contributed by atoms with Crippen LogP contribution in [0.2, 0.25) is 0 Å². The Labute approximate surface area is 155 Å². The predicted molar refractivity (Wildman–Crippen MR) is 97.0 cm³/mol. The van der Waals surface area contributed by atoms with Crippen LogP contribution in [0.5, 0.6) is 0 Å². The van der Waals surface area contributed by atoms with Gasteiger partial charge < -0.3 is 5.32 Å². The van der Waals surface area contributed by atoms with E-state index >= 15 is 0 Å². The predicted octanol–water partition coefficient (Wildman–Crippen LogP) is 2.28. The molecule has 1 atom stereocenters. The Morgan fingerprint density at radius 1 is 1.26 bits per heavy atom.